The highest BCUT2D eigenvalue weighted by molar-refractivity contribution is 7.28. The Hall–Kier alpha value is -9.52. The molecule has 0 radical (unpaired) electrons. The molecule has 4 aromatic heterocycles. The zero-order chi connectivity index (χ0) is 76.1. The van der Waals surface area contributed by atoms with Crippen molar-refractivity contribution in [3.8, 4) is 44.5 Å². The van der Waals surface area contributed by atoms with Crippen molar-refractivity contribution in [1.82, 2.24) is 0 Å². The van der Waals surface area contributed by atoms with Crippen molar-refractivity contribution < 1.29 is 0 Å². The van der Waals surface area contributed by atoms with Crippen LogP contribution in [0.3, 0.4) is 0 Å². The summed E-state index contributed by atoms with van der Waals surface area (Å²) in [7, 11) is 0. The molecule has 110 heavy (non-hydrogen) atoms. The Morgan fingerprint density at radius 3 is 0.873 bits per heavy atom. The number of thiophene rings is 4. The lowest BCUT2D eigenvalue weighted by molar-refractivity contribution is 0.375. The highest BCUT2D eigenvalue weighted by atomic mass is 32.1. The Balaban J connectivity index is 0.724. The molecule has 0 atom stereocenters. The lowest BCUT2D eigenvalue weighted by Gasteiger charge is -2.32. The van der Waals surface area contributed by atoms with Crippen LogP contribution in [-0.2, 0) is 32.5 Å². The molecule has 542 valence electrons. The third-order valence-electron chi connectivity index (χ3n) is 25.5. The van der Waals surface area contributed by atoms with Gasteiger partial charge in [-0.3, -0.25) is 0 Å². The number of benzene rings is 16. The van der Waals surface area contributed by atoms with Gasteiger partial charge in [-0.25, -0.2) is 0 Å². The van der Waals surface area contributed by atoms with E-state index >= 15 is 0 Å². The van der Waals surface area contributed by atoms with E-state index in [1.54, 1.807) is 0 Å². The summed E-state index contributed by atoms with van der Waals surface area (Å²) in [4.78, 5) is 0. The van der Waals surface area contributed by atoms with E-state index in [0.717, 1.165) is 12.8 Å². The Kier molecular flexibility index (Phi) is 15.2. The first kappa shape index (κ1) is 69.7. The van der Waals surface area contributed by atoms with Gasteiger partial charge in [-0.2, -0.15) is 0 Å². The van der Waals surface area contributed by atoms with Gasteiger partial charge < -0.3 is 0 Å². The summed E-state index contributed by atoms with van der Waals surface area (Å²) in [5, 5.41) is 27.0. The topological polar surface area (TPSA) is 0 Å². The van der Waals surface area contributed by atoms with Crippen LogP contribution in [0.2, 0.25) is 0 Å². The molecule has 0 fully saturated rings. The molecule has 4 heteroatoms. The smallest absolute Gasteiger partial charge is 0.0434 e. The molecule has 16 aromatic carbocycles. The van der Waals surface area contributed by atoms with Crippen LogP contribution in [0.1, 0.15) is 168 Å². The molecule has 20 rings (SSSR count). The second kappa shape index (κ2) is 24.0. The van der Waals surface area contributed by atoms with E-state index in [1.807, 2.05) is 45.3 Å². The minimum atomic E-state index is -0.120. The molecule has 0 unspecified atom stereocenters. The van der Waals surface area contributed by atoms with Crippen molar-refractivity contribution in [2.45, 2.75) is 170 Å². The van der Waals surface area contributed by atoms with Crippen LogP contribution in [0.15, 0.2) is 218 Å². The van der Waals surface area contributed by atoms with Gasteiger partial charge in [-0.15, -0.1) is 45.3 Å². The summed E-state index contributed by atoms with van der Waals surface area (Å²) in [5.74, 6) is 0. The standard InChI is InChI=1S/C106H94S4/c1-57-21-19-23-61(43-57)73-51-87-95-79(53-81-69-37-33-66(104(12,13)14)47-91(69)109-97(81)87)74(62-24-20-22-58(2)44-62)52-88-96(95)80(73)54-82-70-38-34-68(48-92(70)110-98(82)88)106(17,18)42-41-105(15,16)67-36-40-90-76(46-67)84-56-78-72(60-27-31-64(32-28-60)102(6,7)8)49-85-93-77(55-83-75-45-65(103(9,10)11)35-39-89(75)107-99(83)85)71(50-86(94(78)93)100(84)108-90)59-25-29-63(30-26-59)101(3,4)5/h19-40,43-56H,41-42H2,1-18H3. The quantitative estimate of drug-likeness (QED) is 0.126. The SMILES string of the molecule is Cc1cccc(-c2cc3c4sc5cc(C(C)(C)CCC(C)(C)c6ccc7sc8c(cc9c(-c%10ccc(C(C)(C)C)cc%10)cc%10c%11sc%12ccc(C(C)(C)C)cc%12c%11cc%11c(-c%12ccc(C(C)(C)C)cc%12)cc8c9c%11%10)c7c6)ccc5c4cc4c(-c5cccc(C)c5)cc5c6sc7cc(C(C)(C)C)ccc7c6cc2c5c43)c1. The molecule has 0 aliphatic rings. The van der Waals surface area contributed by atoms with Gasteiger partial charge in [0.2, 0.25) is 0 Å². The number of rotatable bonds is 9. The largest absolute Gasteiger partial charge is 0.135 e. The van der Waals surface area contributed by atoms with Crippen LogP contribution < -0.4 is 0 Å². The molecule has 0 aliphatic carbocycles. The Labute approximate surface area is 662 Å². The van der Waals surface area contributed by atoms with Gasteiger partial charge in [0.1, 0.15) is 0 Å². The maximum atomic E-state index is 2.61. The molecule has 0 aliphatic heterocycles. The van der Waals surface area contributed by atoms with Crippen molar-refractivity contribution in [1.29, 1.82) is 0 Å². The Morgan fingerprint density at radius 2 is 0.500 bits per heavy atom. The Morgan fingerprint density at radius 1 is 0.209 bits per heavy atom. The van der Waals surface area contributed by atoms with Gasteiger partial charge in [0.05, 0.1) is 0 Å². The third kappa shape index (κ3) is 10.9. The first-order valence-corrected chi connectivity index (χ1v) is 43.0. The number of aryl methyl sites for hydroxylation is 2. The van der Waals surface area contributed by atoms with Crippen molar-refractivity contribution in [3.05, 3.63) is 263 Å². The lowest BCUT2D eigenvalue weighted by Crippen LogP contribution is -2.24. The number of hydrogen-bond donors (Lipinski definition) is 0. The van der Waals surface area contributed by atoms with E-state index in [1.165, 1.54) is 234 Å². The first-order valence-electron chi connectivity index (χ1n) is 39.7. The predicted octanol–water partition coefficient (Wildman–Crippen LogP) is 33.5. The van der Waals surface area contributed by atoms with Crippen LogP contribution in [0.5, 0.6) is 0 Å². The maximum absolute atomic E-state index is 2.61. The molecule has 0 nitrogen and oxygen atoms in total. The molecule has 0 saturated heterocycles. The fraction of sp³-hybridized carbons (Fsp3) is 0.245. The number of fused-ring (bicyclic) bond motifs is 16. The molecule has 0 spiro atoms. The molecular weight excluding hydrogens is 1400 g/mol. The second-order valence-corrected chi connectivity index (χ2v) is 42.2. The molecule has 20 aromatic rings. The van der Waals surface area contributed by atoms with Gasteiger partial charge in [-0.05, 0) is 265 Å². The van der Waals surface area contributed by atoms with E-state index in [-0.39, 0.29) is 32.5 Å². The fourth-order valence-corrected chi connectivity index (χ4v) is 23.5. The summed E-state index contributed by atoms with van der Waals surface area (Å²) < 4.78 is 10.9. The van der Waals surface area contributed by atoms with E-state index in [4.69, 9.17) is 0 Å². The average Bonchev–Trinajstić information content (AvgIpc) is 1.36. The van der Waals surface area contributed by atoms with E-state index in [0.29, 0.717) is 0 Å². The van der Waals surface area contributed by atoms with Crippen LogP contribution >= 0.6 is 45.3 Å². The highest BCUT2D eigenvalue weighted by Crippen LogP contribution is 2.57. The highest BCUT2D eigenvalue weighted by Gasteiger charge is 2.32. The summed E-state index contributed by atoms with van der Waals surface area (Å²) in [6.45, 7) is 42.5. The van der Waals surface area contributed by atoms with Crippen molar-refractivity contribution in [3.63, 3.8) is 0 Å². The van der Waals surface area contributed by atoms with Crippen LogP contribution in [0.25, 0.3) is 190 Å². The van der Waals surface area contributed by atoms with Gasteiger partial charge >= 0.3 is 0 Å². The van der Waals surface area contributed by atoms with Crippen LogP contribution in [-0.4, -0.2) is 0 Å². The summed E-state index contributed by atoms with van der Waals surface area (Å²) in [6.07, 6.45) is 2.06. The van der Waals surface area contributed by atoms with Gasteiger partial charge in [-0.1, -0.05) is 255 Å². The molecule has 4 heterocycles. The molecular formula is C106H94S4. The summed E-state index contributed by atoms with van der Waals surface area (Å²) >= 11 is 7.93. The third-order valence-corrected chi connectivity index (χ3v) is 30.3. The van der Waals surface area contributed by atoms with Crippen molar-refractivity contribution >= 4 is 191 Å². The van der Waals surface area contributed by atoms with E-state index in [2.05, 4.69) is 343 Å². The van der Waals surface area contributed by atoms with Crippen LogP contribution in [0.4, 0.5) is 0 Å². The number of hydrogen-bond acceptors (Lipinski definition) is 4. The first-order chi connectivity index (χ1) is 52.3. The van der Waals surface area contributed by atoms with E-state index < -0.39 is 0 Å². The second-order valence-electron chi connectivity index (χ2n) is 38.0. The summed E-state index contributed by atoms with van der Waals surface area (Å²) in [6, 6.07) is 87.8. The van der Waals surface area contributed by atoms with Crippen molar-refractivity contribution in [2.75, 3.05) is 0 Å². The monoisotopic (exact) mass is 1490 g/mol. The van der Waals surface area contributed by atoms with Crippen LogP contribution in [0, 0.1) is 13.8 Å². The van der Waals surface area contributed by atoms with E-state index in [9.17, 15) is 0 Å². The van der Waals surface area contributed by atoms with Gasteiger partial charge in [0.25, 0.3) is 0 Å². The predicted molar refractivity (Wildman–Crippen MR) is 493 cm³/mol. The molecule has 0 amide bonds. The average molecular weight is 1500 g/mol. The Bertz CT molecular complexity index is 7240. The molecule has 0 bridgehead atoms. The van der Waals surface area contributed by atoms with Gasteiger partial charge in [0, 0.05) is 102 Å². The summed E-state index contributed by atoms with van der Waals surface area (Å²) in [5.41, 5.74) is 21.0. The zero-order valence-electron chi connectivity index (χ0n) is 66.8. The molecule has 0 saturated carbocycles. The fourth-order valence-electron chi connectivity index (χ4n) is 18.7. The zero-order valence-corrected chi connectivity index (χ0v) is 70.1. The van der Waals surface area contributed by atoms with Crippen molar-refractivity contribution in [2.24, 2.45) is 0 Å². The lowest BCUT2D eigenvalue weighted by atomic mass is 9.72. The minimum Gasteiger partial charge on any atom is -0.135 e. The normalized spacial score (nSPS) is 13.4. The minimum absolute atomic E-state index is 0.0247. The molecule has 0 N–H and O–H groups in total. The maximum Gasteiger partial charge on any atom is 0.0434 e. The van der Waals surface area contributed by atoms with Gasteiger partial charge in [0.15, 0.2) is 0 Å².